The number of rotatable bonds is 24. The molecule has 0 spiro atoms. The lowest BCUT2D eigenvalue weighted by atomic mass is 10.4. The Balaban J connectivity index is 1.67. The van der Waals surface area contributed by atoms with Gasteiger partial charge in [0.2, 0.25) is 0 Å². The minimum atomic E-state index is -0.298. The van der Waals surface area contributed by atoms with Crippen LogP contribution in [0.1, 0.15) is 19.8 Å². The second-order valence-electron chi connectivity index (χ2n) is 6.80. The van der Waals surface area contributed by atoms with Crippen molar-refractivity contribution < 1.29 is 42.7 Å². The van der Waals surface area contributed by atoms with Crippen molar-refractivity contribution >= 4 is 11.8 Å². The molecule has 10 nitrogen and oxygen atoms in total. The minimum Gasteiger partial charge on any atom is -0.379 e. The highest BCUT2D eigenvalue weighted by Crippen LogP contribution is 2.02. The van der Waals surface area contributed by atoms with Crippen molar-refractivity contribution in [3.63, 3.8) is 0 Å². The maximum absolute atomic E-state index is 11.3. The van der Waals surface area contributed by atoms with Gasteiger partial charge in [-0.25, -0.2) is 0 Å². The molecule has 10 heteroatoms. The van der Waals surface area contributed by atoms with Gasteiger partial charge >= 0.3 is 0 Å². The maximum Gasteiger partial charge on any atom is 0.253 e. The molecule has 0 aromatic rings. The smallest absolute Gasteiger partial charge is 0.253 e. The van der Waals surface area contributed by atoms with Gasteiger partial charge in [-0.15, -0.1) is 0 Å². The zero-order chi connectivity index (χ0) is 23.1. The Kier molecular flexibility index (Phi) is 19.2. The molecule has 1 aliphatic rings. The van der Waals surface area contributed by atoms with Crippen molar-refractivity contribution in [1.29, 1.82) is 0 Å². The van der Waals surface area contributed by atoms with Crippen molar-refractivity contribution in [3.8, 4) is 0 Å². The number of amides is 2. The molecule has 1 rings (SSSR count). The summed E-state index contributed by atoms with van der Waals surface area (Å²) in [4.78, 5) is 23.8. The SMILES string of the molecule is CCCCOCCOCCOCCOCCOCCOCCOCCN1C(=O)C=CC1=O. The summed E-state index contributed by atoms with van der Waals surface area (Å²) in [6.07, 6.45) is 4.75. The molecule has 0 saturated carbocycles. The monoisotopic (exact) mass is 461 g/mol. The van der Waals surface area contributed by atoms with Crippen molar-refractivity contribution in [2.24, 2.45) is 0 Å². The molecule has 1 heterocycles. The van der Waals surface area contributed by atoms with Crippen LogP contribution in [-0.4, -0.2) is 116 Å². The lowest BCUT2D eigenvalue weighted by molar-refractivity contribution is -0.137. The normalized spacial score (nSPS) is 13.6. The van der Waals surface area contributed by atoms with E-state index in [9.17, 15) is 9.59 Å². The number of nitrogens with zero attached hydrogens (tertiary/aromatic N) is 1. The van der Waals surface area contributed by atoms with Gasteiger partial charge in [-0.1, -0.05) is 13.3 Å². The number of unbranched alkanes of at least 4 members (excludes halogenated alkanes) is 1. The molecular formula is C22H39NO9. The average Bonchev–Trinajstić information content (AvgIpc) is 3.11. The van der Waals surface area contributed by atoms with Crippen LogP contribution in [-0.2, 0) is 42.7 Å². The van der Waals surface area contributed by atoms with E-state index in [1.165, 1.54) is 12.2 Å². The molecule has 32 heavy (non-hydrogen) atoms. The molecule has 0 aromatic heterocycles. The molecule has 0 unspecified atom stereocenters. The van der Waals surface area contributed by atoms with E-state index in [4.69, 9.17) is 33.2 Å². The highest BCUT2D eigenvalue weighted by atomic mass is 16.6. The predicted molar refractivity (Wildman–Crippen MR) is 117 cm³/mol. The number of carbonyl (C=O) groups excluding carboxylic acids is 2. The molecule has 0 fully saturated rings. The fourth-order valence-corrected chi connectivity index (χ4v) is 2.48. The summed E-state index contributed by atoms with van der Waals surface area (Å²) in [7, 11) is 0. The van der Waals surface area contributed by atoms with Crippen LogP contribution in [0.2, 0.25) is 0 Å². The van der Waals surface area contributed by atoms with Crippen LogP contribution >= 0.6 is 0 Å². The van der Waals surface area contributed by atoms with Gasteiger partial charge in [-0.3, -0.25) is 14.5 Å². The quantitative estimate of drug-likeness (QED) is 0.153. The third-order valence-electron chi connectivity index (χ3n) is 4.23. The van der Waals surface area contributed by atoms with E-state index in [0.717, 1.165) is 24.3 Å². The van der Waals surface area contributed by atoms with E-state index in [1.54, 1.807) is 0 Å². The Morgan fingerprint density at radius 3 is 1.19 bits per heavy atom. The van der Waals surface area contributed by atoms with Gasteiger partial charge in [0.05, 0.1) is 92.4 Å². The second-order valence-corrected chi connectivity index (χ2v) is 6.80. The molecule has 186 valence electrons. The summed E-state index contributed by atoms with van der Waals surface area (Å²) in [5.41, 5.74) is 0. The molecule has 2 amide bonds. The summed E-state index contributed by atoms with van der Waals surface area (Å²) in [6, 6.07) is 0. The van der Waals surface area contributed by atoms with E-state index in [1.807, 2.05) is 0 Å². The summed E-state index contributed by atoms with van der Waals surface area (Å²) in [6.45, 7) is 9.59. The van der Waals surface area contributed by atoms with Gasteiger partial charge in [-0.05, 0) is 6.42 Å². The van der Waals surface area contributed by atoms with Crippen LogP contribution in [0.25, 0.3) is 0 Å². The first kappa shape index (κ1) is 28.6. The average molecular weight is 462 g/mol. The highest BCUT2D eigenvalue weighted by molar-refractivity contribution is 6.12. The Labute approximate surface area is 191 Å². The zero-order valence-corrected chi connectivity index (χ0v) is 19.3. The third kappa shape index (κ3) is 16.3. The molecule has 0 radical (unpaired) electrons. The van der Waals surface area contributed by atoms with E-state index >= 15 is 0 Å². The molecule has 1 aliphatic heterocycles. The Hall–Kier alpha value is -1.40. The Morgan fingerprint density at radius 2 is 0.844 bits per heavy atom. The van der Waals surface area contributed by atoms with Crippen LogP contribution in [0.5, 0.6) is 0 Å². The molecule has 0 aliphatic carbocycles. The maximum atomic E-state index is 11.3. The highest BCUT2D eigenvalue weighted by Gasteiger charge is 2.22. The van der Waals surface area contributed by atoms with Gasteiger partial charge in [-0.2, -0.15) is 0 Å². The summed E-state index contributed by atoms with van der Waals surface area (Å²) < 4.78 is 37.8. The molecule has 0 aromatic carbocycles. The van der Waals surface area contributed by atoms with E-state index < -0.39 is 0 Å². The molecule has 0 saturated heterocycles. The lowest BCUT2D eigenvalue weighted by Crippen LogP contribution is -2.33. The topological polar surface area (TPSA) is 102 Å². The largest absolute Gasteiger partial charge is 0.379 e. The van der Waals surface area contributed by atoms with Gasteiger partial charge in [0, 0.05) is 18.8 Å². The summed E-state index contributed by atoms with van der Waals surface area (Å²) in [5.74, 6) is -0.597. The number of carbonyl (C=O) groups is 2. The van der Waals surface area contributed by atoms with Crippen molar-refractivity contribution in [2.75, 3.05) is 99.0 Å². The molecule has 0 N–H and O–H groups in total. The number of ether oxygens (including phenoxy) is 7. The van der Waals surface area contributed by atoms with Crippen molar-refractivity contribution in [2.45, 2.75) is 19.8 Å². The number of imide groups is 1. The molecule has 0 atom stereocenters. The standard InChI is InChI=1S/C22H39NO9/c1-2-3-7-26-9-11-28-13-15-30-17-19-32-20-18-31-16-14-29-12-10-27-8-6-23-21(24)4-5-22(23)25/h4-5H,2-3,6-20H2,1H3. The van der Waals surface area contributed by atoms with Crippen molar-refractivity contribution in [1.82, 2.24) is 4.90 Å². The van der Waals surface area contributed by atoms with Crippen LogP contribution in [0.4, 0.5) is 0 Å². The van der Waals surface area contributed by atoms with Crippen LogP contribution in [0.15, 0.2) is 12.2 Å². The first-order valence-electron chi connectivity index (χ1n) is 11.3. The first-order valence-corrected chi connectivity index (χ1v) is 11.3. The van der Waals surface area contributed by atoms with Crippen LogP contribution in [0.3, 0.4) is 0 Å². The van der Waals surface area contributed by atoms with Gasteiger partial charge < -0.3 is 33.2 Å². The van der Waals surface area contributed by atoms with E-state index in [2.05, 4.69) is 6.92 Å². The van der Waals surface area contributed by atoms with Gasteiger partial charge in [0.25, 0.3) is 11.8 Å². The van der Waals surface area contributed by atoms with E-state index in [0.29, 0.717) is 85.9 Å². The third-order valence-corrected chi connectivity index (χ3v) is 4.23. The first-order chi connectivity index (χ1) is 15.8. The van der Waals surface area contributed by atoms with E-state index in [-0.39, 0.29) is 18.4 Å². The fourth-order valence-electron chi connectivity index (χ4n) is 2.48. The van der Waals surface area contributed by atoms with Gasteiger partial charge in [0.15, 0.2) is 0 Å². The minimum absolute atomic E-state index is 0.251. The van der Waals surface area contributed by atoms with Gasteiger partial charge in [0.1, 0.15) is 0 Å². The van der Waals surface area contributed by atoms with Crippen LogP contribution in [0, 0.1) is 0 Å². The fraction of sp³-hybridized carbons (Fsp3) is 0.818. The summed E-state index contributed by atoms with van der Waals surface area (Å²) >= 11 is 0. The predicted octanol–water partition coefficient (Wildman–Crippen LogP) is 0.828. The Bertz CT molecular complexity index is 484. The second kappa shape index (κ2) is 21.4. The zero-order valence-electron chi connectivity index (χ0n) is 19.3. The summed E-state index contributed by atoms with van der Waals surface area (Å²) in [5, 5.41) is 0. The number of hydrogen-bond donors (Lipinski definition) is 0. The van der Waals surface area contributed by atoms with Crippen LogP contribution < -0.4 is 0 Å². The molecule has 0 bridgehead atoms. The lowest BCUT2D eigenvalue weighted by Gasteiger charge is -2.13. The number of hydrogen-bond acceptors (Lipinski definition) is 9. The molecular weight excluding hydrogens is 422 g/mol. The Morgan fingerprint density at radius 1 is 0.531 bits per heavy atom. The van der Waals surface area contributed by atoms with Crippen molar-refractivity contribution in [3.05, 3.63) is 12.2 Å².